The number of aromatic hydroxyl groups is 1. The fourth-order valence-electron chi connectivity index (χ4n) is 4.67. The van der Waals surface area contributed by atoms with Gasteiger partial charge in [0.05, 0.1) is 18.8 Å². The highest BCUT2D eigenvalue weighted by atomic mass is 19.1. The molecule has 2 amide bonds. The van der Waals surface area contributed by atoms with Crippen molar-refractivity contribution in [2.75, 3.05) is 24.8 Å². The van der Waals surface area contributed by atoms with Crippen molar-refractivity contribution in [3.63, 3.8) is 0 Å². The molecule has 0 spiro atoms. The largest absolute Gasteiger partial charge is 0.502 e. The van der Waals surface area contributed by atoms with E-state index in [2.05, 4.69) is 5.32 Å². The van der Waals surface area contributed by atoms with Gasteiger partial charge in [0, 0.05) is 37.0 Å². The van der Waals surface area contributed by atoms with Crippen LogP contribution in [-0.4, -0.2) is 58.5 Å². The van der Waals surface area contributed by atoms with Crippen LogP contribution in [-0.2, 0) is 11.3 Å². The molecule has 2 unspecified atom stereocenters. The molecule has 9 nitrogen and oxygen atoms in total. The summed E-state index contributed by atoms with van der Waals surface area (Å²) in [5.41, 5.74) is -2.49. The predicted molar refractivity (Wildman–Crippen MR) is 116 cm³/mol. The number of nitrogens with one attached hydrogen (secondary N) is 1. The third-order valence-corrected chi connectivity index (χ3v) is 6.66. The second-order valence-electron chi connectivity index (χ2n) is 8.96. The summed E-state index contributed by atoms with van der Waals surface area (Å²) in [6, 6.07) is 0.949. The number of hydrogen-bond donors (Lipinski definition) is 2. The van der Waals surface area contributed by atoms with E-state index < -0.39 is 58.1 Å². The minimum Gasteiger partial charge on any atom is -0.502 e. The normalized spacial score (nSPS) is 22.7. The zero-order valence-corrected chi connectivity index (χ0v) is 18.8. The highest BCUT2D eigenvalue weighted by Crippen LogP contribution is 2.45. The first-order valence-corrected chi connectivity index (χ1v) is 11.3. The quantitative estimate of drug-likeness (QED) is 0.633. The van der Waals surface area contributed by atoms with Gasteiger partial charge in [0.1, 0.15) is 29.7 Å². The fourth-order valence-corrected chi connectivity index (χ4v) is 4.67. The van der Waals surface area contributed by atoms with Crippen LogP contribution < -0.4 is 15.8 Å². The lowest BCUT2D eigenvalue weighted by molar-refractivity contribution is 0.0578. The van der Waals surface area contributed by atoms with Gasteiger partial charge in [0.2, 0.25) is 5.43 Å². The molecule has 12 heteroatoms. The van der Waals surface area contributed by atoms with E-state index in [1.54, 1.807) is 11.9 Å². The van der Waals surface area contributed by atoms with Gasteiger partial charge in [0.25, 0.3) is 11.8 Å². The number of hydrogen-bond acceptors (Lipinski definition) is 6. The van der Waals surface area contributed by atoms with Crippen LogP contribution in [0.1, 0.15) is 46.2 Å². The van der Waals surface area contributed by atoms with Crippen LogP contribution in [0.4, 0.5) is 13.2 Å². The van der Waals surface area contributed by atoms with Crippen LogP contribution in [0.5, 0.6) is 5.75 Å². The number of pyridine rings is 1. The fraction of sp³-hybridized carbons (Fsp3) is 0.435. The molecular formula is C23H23F3N4O5. The number of amides is 2. The molecular weight excluding hydrogens is 469 g/mol. The van der Waals surface area contributed by atoms with E-state index in [9.17, 15) is 32.7 Å². The Morgan fingerprint density at radius 2 is 1.91 bits per heavy atom. The Labute approximate surface area is 197 Å². The number of aromatic nitrogens is 1. The van der Waals surface area contributed by atoms with Crippen LogP contribution in [0.15, 0.2) is 23.1 Å². The number of ether oxygens (including phenoxy) is 1. The Kier molecular flexibility index (Phi) is 5.70. The van der Waals surface area contributed by atoms with E-state index in [-0.39, 0.29) is 24.6 Å². The van der Waals surface area contributed by atoms with Crippen molar-refractivity contribution in [3.8, 4) is 5.75 Å². The Morgan fingerprint density at radius 3 is 2.54 bits per heavy atom. The number of nitrogens with zero attached hydrogens (tertiary/aromatic N) is 3. The van der Waals surface area contributed by atoms with Crippen LogP contribution in [0.3, 0.4) is 0 Å². The zero-order chi connectivity index (χ0) is 25.0. The molecule has 2 N–H and O–H groups in total. The lowest BCUT2D eigenvalue weighted by Crippen LogP contribution is -2.56. The Balaban J connectivity index is 1.45. The molecule has 0 bridgehead atoms. The van der Waals surface area contributed by atoms with Gasteiger partial charge < -0.3 is 20.1 Å². The molecule has 186 valence electrons. The molecule has 1 aliphatic carbocycles. The monoisotopic (exact) mass is 492 g/mol. The van der Waals surface area contributed by atoms with Gasteiger partial charge in [-0.3, -0.25) is 24.1 Å². The van der Waals surface area contributed by atoms with Gasteiger partial charge in [-0.1, -0.05) is 0 Å². The van der Waals surface area contributed by atoms with E-state index in [0.717, 1.165) is 19.0 Å². The summed E-state index contributed by atoms with van der Waals surface area (Å²) in [7, 11) is 0. The lowest BCUT2D eigenvalue weighted by Gasteiger charge is -2.40. The number of fused-ring (bicyclic) bond motifs is 2. The Hall–Kier alpha value is -3.54. The summed E-state index contributed by atoms with van der Waals surface area (Å²) in [6.07, 6.45) is 3.14. The van der Waals surface area contributed by atoms with E-state index in [1.807, 2.05) is 0 Å². The van der Waals surface area contributed by atoms with E-state index in [4.69, 9.17) is 4.74 Å². The van der Waals surface area contributed by atoms with Crippen molar-refractivity contribution in [3.05, 3.63) is 62.8 Å². The number of carbonyl (C=O) groups is 2. The summed E-state index contributed by atoms with van der Waals surface area (Å²) >= 11 is 0. The topological polar surface area (TPSA) is 104 Å². The highest BCUT2D eigenvalue weighted by Gasteiger charge is 2.48. The summed E-state index contributed by atoms with van der Waals surface area (Å²) in [4.78, 5) is 39.9. The van der Waals surface area contributed by atoms with Crippen LogP contribution >= 0.6 is 0 Å². The van der Waals surface area contributed by atoms with E-state index in [1.165, 1.54) is 9.58 Å². The number of carbonyl (C=O) groups excluding carboxylic acids is 2. The Morgan fingerprint density at radius 1 is 1.20 bits per heavy atom. The van der Waals surface area contributed by atoms with Crippen molar-refractivity contribution in [2.24, 2.45) is 5.92 Å². The smallest absolute Gasteiger partial charge is 0.277 e. The first-order chi connectivity index (χ1) is 16.7. The molecule has 5 rings (SSSR count). The maximum atomic E-state index is 13.9. The summed E-state index contributed by atoms with van der Waals surface area (Å²) in [6.45, 7) is 1.93. The molecule has 2 fully saturated rings. The highest BCUT2D eigenvalue weighted by molar-refractivity contribution is 5.99. The molecule has 1 aromatic carbocycles. The van der Waals surface area contributed by atoms with Crippen molar-refractivity contribution in [1.29, 1.82) is 0 Å². The van der Waals surface area contributed by atoms with Crippen molar-refractivity contribution in [2.45, 2.75) is 38.5 Å². The molecule has 2 aromatic rings. The standard InChI is InChI=1S/C23H23F3N4O5/c1-2-28-10-29(8-13-3-11-4-18(11)35-13)30-9-15(20(31)21(32)19(30)23(28)34)22(33)27-7-14-16(25)5-12(24)6-17(14)26/h5-6,9,11,13,18,32H,2-4,7-8,10H2,1H3,(H,27,33)/t11-,13?,18?/m0/s1. The minimum absolute atomic E-state index is 0.109. The van der Waals surface area contributed by atoms with Gasteiger partial charge in [-0.25, -0.2) is 13.2 Å². The molecule has 35 heavy (non-hydrogen) atoms. The summed E-state index contributed by atoms with van der Waals surface area (Å²) in [5.74, 6) is -5.48. The molecule has 0 radical (unpaired) electrons. The summed E-state index contributed by atoms with van der Waals surface area (Å²) in [5, 5.41) is 14.5. The SMILES string of the molecule is CCN1CN(CC2C[C@H]3CC3O2)n2cc(C(=O)NCc3c(F)cc(F)cc3F)c(=O)c(O)c2C1=O. The first kappa shape index (κ1) is 23.2. The van der Waals surface area contributed by atoms with Gasteiger partial charge >= 0.3 is 0 Å². The van der Waals surface area contributed by atoms with Crippen molar-refractivity contribution >= 4 is 11.8 Å². The minimum atomic E-state index is -1.20. The molecule has 1 saturated carbocycles. The number of halogens is 3. The van der Waals surface area contributed by atoms with Gasteiger partial charge in [-0.05, 0) is 25.7 Å². The van der Waals surface area contributed by atoms with E-state index in [0.29, 0.717) is 31.1 Å². The van der Waals surface area contributed by atoms with Gasteiger partial charge in [-0.15, -0.1) is 0 Å². The molecule has 3 aliphatic rings. The van der Waals surface area contributed by atoms with Gasteiger partial charge in [0.15, 0.2) is 11.4 Å². The third-order valence-electron chi connectivity index (χ3n) is 6.66. The van der Waals surface area contributed by atoms with Gasteiger partial charge in [-0.2, -0.15) is 0 Å². The maximum absolute atomic E-state index is 13.9. The van der Waals surface area contributed by atoms with E-state index >= 15 is 0 Å². The average Bonchev–Trinajstić information content (AvgIpc) is 3.41. The summed E-state index contributed by atoms with van der Waals surface area (Å²) < 4.78 is 48.2. The molecule has 2 aliphatic heterocycles. The van der Waals surface area contributed by atoms with Crippen molar-refractivity contribution < 1.29 is 32.6 Å². The number of benzene rings is 1. The van der Waals surface area contributed by atoms with Crippen molar-refractivity contribution in [1.82, 2.24) is 14.9 Å². The average molecular weight is 492 g/mol. The Bertz CT molecular complexity index is 1250. The second-order valence-corrected chi connectivity index (χ2v) is 8.96. The number of rotatable bonds is 6. The molecule has 1 aromatic heterocycles. The van der Waals surface area contributed by atoms with Crippen LogP contribution in [0.25, 0.3) is 0 Å². The molecule has 1 saturated heterocycles. The molecule has 3 atom stereocenters. The first-order valence-electron chi connectivity index (χ1n) is 11.3. The molecule has 3 heterocycles. The van der Waals surface area contributed by atoms with Crippen LogP contribution in [0, 0.1) is 23.4 Å². The second kappa shape index (κ2) is 8.59. The maximum Gasteiger partial charge on any atom is 0.277 e. The zero-order valence-electron chi connectivity index (χ0n) is 18.8. The predicted octanol–water partition coefficient (Wildman–Crippen LogP) is 1.45. The van der Waals surface area contributed by atoms with Crippen LogP contribution in [0.2, 0.25) is 0 Å². The lowest BCUT2D eigenvalue weighted by atomic mass is 10.1. The third kappa shape index (κ3) is 4.11.